The van der Waals surface area contributed by atoms with Gasteiger partial charge in [0.1, 0.15) is 6.10 Å². The number of carbonyl (C=O) groups excluding carboxylic acids is 1. The lowest BCUT2D eigenvalue weighted by molar-refractivity contribution is -0.140. The Morgan fingerprint density at radius 3 is 2.75 bits per heavy atom. The van der Waals surface area contributed by atoms with E-state index in [1.54, 1.807) is 24.2 Å². The molecule has 0 radical (unpaired) electrons. The molecule has 0 heterocycles. The minimum absolute atomic E-state index is 0.220. The Balaban J connectivity index is 4.20. The molecule has 0 amide bonds. The van der Waals surface area contributed by atoms with Crippen LogP contribution in [0.1, 0.15) is 32.1 Å². The first-order valence-corrected chi connectivity index (χ1v) is 9.31. The second-order valence-corrected chi connectivity index (χ2v) is 6.28. The molecular weight excluding hydrogens is 440 g/mol. The molecule has 1 N–H and O–H groups in total. The van der Waals surface area contributed by atoms with E-state index in [0.717, 1.165) is 10.9 Å². The van der Waals surface area contributed by atoms with Crippen molar-refractivity contribution in [2.45, 2.75) is 44.3 Å². The third-order valence-corrected chi connectivity index (χ3v) is 3.91. The number of halogens is 2. The van der Waals surface area contributed by atoms with Crippen LogP contribution in [0, 0.1) is 11.8 Å². The van der Waals surface area contributed by atoms with Crippen molar-refractivity contribution in [3.63, 3.8) is 0 Å². The van der Waals surface area contributed by atoms with Gasteiger partial charge in [0, 0.05) is 24.4 Å². The molecule has 2 atom stereocenters. The molecule has 6 heteroatoms. The van der Waals surface area contributed by atoms with Crippen molar-refractivity contribution < 1.29 is 19.4 Å². The minimum atomic E-state index is -0.600. The number of unbranched alkanes of at least 4 members (excludes halogenated alkanes) is 1. The first kappa shape index (κ1) is 23.1. The number of methoxy groups -OCH3 is 2. The van der Waals surface area contributed by atoms with Crippen LogP contribution in [0.25, 0.3) is 0 Å². The number of hydrogen-bond acceptors (Lipinski definition) is 4. The number of esters is 1. The molecule has 24 heavy (non-hydrogen) atoms. The van der Waals surface area contributed by atoms with Gasteiger partial charge in [-0.3, -0.25) is 4.79 Å². The summed E-state index contributed by atoms with van der Waals surface area (Å²) >= 11 is 6.60. The van der Waals surface area contributed by atoms with Gasteiger partial charge in [0.2, 0.25) is 0 Å². The molecule has 134 valence electrons. The van der Waals surface area contributed by atoms with Gasteiger partial charge in [0.25, 0.3) is 0 Å². The summed E-state index contributed by atoms with van der Waals surface area (Å²) in [6.07, 6.45) is 9.27. The topological polar surface area (TPSA) is 55.8 Å². The fourth-order valence-corrected chi connectivity index (χ4v) is 2.75. The maximum atomic E-state index is 10.9. The molecule has 0 aliphatic heterocycles. The van der Waals surface area contributed by atoms with Crippen LogP contribution < -0.4 is 0 Å². The first-order valence-electron chi connectivity index (χ1n) is 7.60. The molecule has 4 nitrogen and oxygen atoms in total. The number of aliphatic hydroxyl groups is 1. The number of rotatable bonds is 10. The number of ether oxygens (including phenoxy) is 2. The lowest BCUT2D eigenvalue weighted by atomic mass is 10.1. The number of allylic oxidation sites excluding steroid dienone is 4. The monoisotopic (exact) mass is 462 g/mol. The van der Waals surface area contributed by atoms with Crippen LogP contribution in [0.15, 0.2) is 33.8 Å². The summed E-state index contributed by atoms with van der Waals surface area (Å²) in [6.45, 7) is 0. The van der Waals surface area contributed by atoms with Crippen molar-refractivity contribution in [2.75, 3.05) is 14.2 Å². The van der Waals surface area contributed by atoms with Crippen LogP contribution in [-0.4, -0.2) is 37.5 Å². The molecule has 0 aromatic carbocycles. The zero-order chi connectivity index (χ0) is 18.2. The van der Waals surface area contributed by atoms with Crippen molar-refractivity contribution in [3.05, 3.63) is 33.8 Å². The van der Waals surface area contributed by atoms with Gasteiger partial charge in [-0.05, 0) is 42.5 Å². The van der Waals surface area contributed by atoms with Crippen molar-refractivity contribution in [2.24, 2.45) is 0 Å². The lowest BCUT2D eigenvalue weighted by Crippen LogP contribution is -2.25. The SMILES string of the molecule is COC(=O)CCCC#C/C=C\[C@@H](OC)[C@@H](O)CC/C=C(Br)/C=C\Br. The zero-order valence-electron chi connectivity index (χ0n) is 14.0. The summed E-state index contributed by atoms with van der Waals surface area (Å²) in [5.74, 6) is 5.61. The molecule has 0 aromatic rings. The summed E-state index contributed by atoms with van der Waals surface area (Å²) in [6, 6.07) is 0. The van der Waals surface area contributed by atoms with E-state index in [9.17, 15) is 9.90 Å². The maximum Gasteiger partial charge on any atom is 0.305 e. The van der Waals surface area contributed by atoms with Crippen LogP contribution in [0.4, 0.5) is 0 Å². The predicted molar refractivity (Wildman–Crippen MR) is 104 cm³/mol. The molecule has 0 aromatic heterocycles. The Morgan fingerprint density at radius 1 is 1.38 bits per heavy atom. The van der Waals surface area contributed by atoms with Gasteiger partial charge in [-0.15, -0.1) is 0 Å². The van der Waals surface area contributed by atoms with Gasteiger partial charge in [0.05, 0.1) is 13.2 Å². The average Bonchev–Trinajstić information content (AvgIpc) is 2.57. The molecule has 0 spiro atoms. The normalized spacial score (nSPS) is 14.5. The highest BCUT2D eigenvalue weighted by atomic mass is 79.9. The quantitative estimate of drug-likeness (QED) is 0.228. The van der Waals surface area contributed by atoms with E-state index in [1.165, 1.54) is 7.11 Å². The van der Waals surface area contributed by atoms with Crippen LogP contribution in [0.2, 0.25) is 0 Å². The molecule has 0 unspecified atom stereocenters. The summed E-state index contributed by atoms with van der Waals surface area (Å²) in [7, 11) is 2.93. The summed E-state index contributed by atoms with van der Waals surface area (Å²) in [5, 5.41) is 10.1. The molecular formula is C18H24Br2O4. The highest BCUT2D eigenvalue weighted by Crippen LogP contribution is 2.13. The number of carbonyl (C=O) groups is 1. The molecule has 0 rings (SSSR count). The standard InChI is InChI=1S/C18H24Br2O4/c1-23-17(16(21)10-8-9-15(20)13-14-19)11-6-4-3-5-7-12-18(22)24-2/h6,9,11,13-14,16-17,21H,5,7-8,10,12H2,1-2H3/b11-6-,14-13-,15-9-/t16-,17+/m0/s1. The van der Waals surface area contributed by atoms with Crippen molar-refractivity contribution in [3.8, 4) is 11.8 Å². The van der Waals surface area contributed by atoms with Crippen molar-refractivity contribution in [1.82, 2.24) is 0 Å². The fraction of sp³-hybridized carbons (Fsp3) is 0.500. The summed E-state index contributed by atoms with van der Waals surface area (Å²) in [5.41, 5.74) is 0. The van der Waals surface area contributed by atoms with Gasteiger partial charge in [-0.1, -0.05) is 49.8 Å². The number of hydrogen-bond donors (Lipinski definition) is 1. The second kappa shape index (κ2) is 15.6. The van der Waals surface area contributed by atoms with Gasteiger partial charge in [-0.25, -0.2) is 0 Å². The Labute approximate surface area is 161 Å². The van der Waals surface area contributed by atoms with E-state index < -0.39 is 12.2 Å². The van der Waals surface area contributed by atoms with E-state index in [-0.39, 0.29) is 5.97 Å². The van der Waals surface area contributed by atoms with E-state index in [4.69, 9.17) is 4.74 Å². The van der Waals surface area contributed by atoms with Gasteiger partial charge >= 0.3 is 5.97 Å². The Kier molecular flexibility index (Phi) is 15.1. The van der Waals surface area contributed by atoms with Crippen LogP contribution in [0.3, 0.4) is 0 Å². The highest BCUT2D eigenvalue weighted by Gasteiger charge is 2.14. The molecule has 0 saturated carbocycles. The largest absolute Gasteiger partial charge is 0.469 e. The Morgan fingerprint density at radius 2 is 2.12 bits per heavy atom. The molecule has 0 aliphatic rings. The molecule has 0 aliphatic carbocycles. The van der Waals surface area contributed by atoms with Crippen molar-refractivity contribution >= 4 is 37.8 Å². The lowest BCUT2D eigenvalue weighted by Gasteiger charge is -2.17. The minimum Gasteiger partial charge on any atom is -0.469 e. The maximum absolute atomic E-state index is 10.9. The first-order chi connectivity index (χ1) is 11.5. The molecule has 0 saturated heterocycles. The third kappa shape index (κ3) is 12.5. The Hall–Kier alpha value is -0.870. The molecule has 0 bridgehead atoms. The van der Waals surface area contributed by atoms with E-state index in [2.05, 4.69) is 48.4 Å². The van der Waals surface area contributed by atoms with E-state index >= 15 is 0 Å². The van der Waals surface area contributed by atoms with Crippen LogP contribution in [-0.2, 0) is 14.3 Å². The second-order valence-electron chi connectivity index (χ2n) is 4.84. The number of aliphatic hydroxyl groups excluding tert-OH is 1. The van der Waals surface area contributed by atoms with E-state index in [1.807, 2.05) is 12.2 Å². The van der Waals surface area contributed by atoms with Gasteiger partial charge < -0.3 is 14.6 Å². The smallest absolute Gasteiger partial charge is 0.305 e. The van der Waals surface area contributed by atoms with Crippen LogP contribution >= 0.6 is 31.9 Å². The summed E-state index contributed by atoms with van der Waals surface area (Å²) in [4.78, 5) is 12.7. The Bertz CT molecular complexity index is 501. The van der Waals surface area contributed by atoms with Gasteiger partial charge in [0.15, 0.2) is 0 Å². The molecule has 0 fully saturated rings. The predicted octanol–water partition coefficient (Wildman–Crippen LogP) is 4.23. The third-order valence-electron chi connectivity index (χ3n) is 3.06. The van der Waals surface area contributed by atoms with E-state index in [0.29, 0.717) is 25.7 Å². The van der Waals surface area contributed by atoms with Crippen molar-refractivity contribution in [1.29, 1.82) is 0 Å². The average molecular weight is 464 g/mol. The van der Waals surface area contributed by atoms with Gasteiger partial charge in [-0.2, -0.15) is 0 Å². The fourth-order valence-electron chi connectivity index (χ4n) is 1.75. The van der Waals surface area contributed by atoms with Crippen LogP contribution in [0.5, 0.6) is 0 Å². The zero-order valence-corrected chi connectivity index (χ0v) is 17.2. The summed E-state index contributed by atoms with van der Waals surface area (Å²) < 4.78 is 10.8. The highest BCUT2D eigenvalue weighted by molar-refractivity contribution is 9.12.